The number of hydrazone groups is 1. The van der Waals surface area contributed by atoms with Crippen LogP contribution in [0.25, 0.3) is 0 Å². The first-order chi connectivity index (χ1) is 7.87. The van der Waals surface area contributed by atoms with Gasteiger partial charge in [-0.2, -0.15) is 5.10 Å². The second-order valence-corrected chi connectivity index (χ2v) is 4.79. The third kappa shape index (κ3) is 5.70. The molecule has 0 fully saturated rings. The van der Waals surface area contributed by atoms with E-state index in [0.29, 0.717) is 0 Å². The monoisotopic (exact) mass is 234 g/mol. The fourth-order valence-corrected chi connectivity index (χ4v) is 1.21. The fraction of sp³-hybridized carbons (Fsp3) is 0.385. The number of ether oxygens (including phenoxy) is 1. The van der Waals surface area contributed by atoms with Crippen LogP contribution in [0.2, 0.25) is 0 Å². The van der Waals surface area contributed by atoms with Crippen LogP contribution in [0.15, 0.2) is 29.4 Å². The highest BCUT2D eigenvalue weighted by Gasteiger charge is 2.15. The maximum Gasteiger partial charge on any atom is 0.428 e. The van der Waals surface area contributed by atoms with Crippen molar-refractivity contribution in [2.45, 2.75) is 33.3 Å². The van der Waals surface area contributed by atoms with E-state index in [1.54, 1.807) is 27.0 Å². The average Bonchev–Trinajstić information content (AvgIpc) is 2.14. The van der Waals surface area contributed by atoms with Gasteiger partial charge < -0.3 is 4.74 Å². The number of benzene rings is 1. The van der Waals surface area contributed by atoms with Crippen LogP contribution in [0, 0.1) is 6.92 Å². The fourth-order valence-electron chi connectivity index (χ4n) is 1.21. The number of carbonyl (C=O) groups excluding carboxylic acids is 1. The summed E-state index contributed by atoms with van der Waals surface area (Å²) in [4.78, 5) is 11.3. The second-order valence-electron chi connectivity index (χ2n) is 4.79. The average molecular weight is 234 g/mol. The molecular weight excluding hydrogens is 216 g/mol. The van der Waals surface area contributed by atoms with Crippen molar-refractivity contribution in [2.75, 3.05) is 0 Å². The van der Waals surface area contributed by atoms with E-state index in [2.05, 4.69) is 10.5 Å². The van der Waals surface area contributed by atoms with Crippen LogP contribution in [0.1, 0.15) is 31.9 Å². The predicted molar refractivity (Wildman–Crippen MR) is 68.1 cm³/mol. The molecule has 1 aromatic rings. The summed E-state index contributed by atoms with van der Waals surface area (Å²) in [5.74, 6) is 0. The SMILES string of the molecule is Cc1cccc(/C=N/NC(=O)OC(C)(C)C)c1. The van der Waals surface area contributed by atoms with Crippen LogP contribution in [0.5, 0.6) is 0 Å². The molecule has 1 N–H and O–H groups in total. The zero-order valence-electron chi connectivity index (χ0n) is 10.7. The molecular formula is C13H18N2O2. The largest absolute Gasteiger partial charge is 0.443 e. The molecule has 17 heavy (non-hydrogen) atoms. The number of amides is 1. The number of rotatable bonds is 2. The van der Waals surface area contributed by atoms with E-state index in [1.807, 2.05) is 31.2 Å². The minimum atomic E-state index is -0.554. The van der Waals surface area contributed by atoms with Crippen molar-refractivity contribution in [2.24, 2.45) is 5.10 Å². The smallest absolute Gasteiger partial charge is 0.428 e. The second kappa shape index (κ2) is 5.48. The Balaban J connectivity index is 2.48. The molecule has 0 heterocycles. The number of hydrogen-bond acceptors (Lipinski definition) is 3. The number of carbonyl (C=O) groups is 1. The molecule has 0 aliphatic carbocycles. The molecule has 4 nitrogen and oxygen atoms in total. The van der Waals surface area contributed by atoms with E-state index in [9.17, 15) is 4.79 Å². The zero-order valence-corrected chi connectivity index (χ0v) is 10.7. The maximum atomic E-state index is 11.3. The minimum absolute atomic E-state index is 0.511. The zero-order chi connectivity index (χ0) is 12.9. The molecule has 0 spiro atoms. The van der Waals surface area contributed by atoms with Crippen LogP contribution in [0.4, 0.5) is 4.79 Å². The van der Waals surface area contributed by atoms with Gasteiger partial charge in [-0.05, 0) is 33.3 Å². The standard InChI is InChI=1S/C13H18N2O2/c1-10-6-5-7-11(8-10)9-14-15-12(16)17-13(2,3)4/h5-9H,1-4H3,(H,15,16)/b14-9+. The predicted octanol–water partition coefficient (Wildman–Crippen LogP) is 2.85. The first kappa shape index (κ1) is 13.2. The van der Waals surface area contributed by atoms with Crippen LogP contribution < -0.4 is 5.43 Å². The quantitative estimate of drug-likeness (QED) is 0.632. The lowest BCUT2D eigenvalue weighted by molar-refractivity contribution is 0.0529. The van der Waals surface area contributed by atoms with Crippen molar-refractivity contribution in [1.29, 1.82) is 0 Å². The summed E-state index contributed by atoms with van der Waals surface area (Å²) in [6.07, 6.45) is 1.03. The number of hydrogen-bond donors (Lipinski definition) is 1. The van der Waals surface area contributed by atoms with Crippen molar-refractivity contribution in [3.8, 4) is 0 Å². The molecule has 0 atom stereocenters. The van der Waals surface area contributed by atoms with Crippen molar-refractivity contribution < 1.29 is 9.53 Å². The molecule has 4 heteroatoms. The van der Waals surface area contributed by atoms with E-state index in [-0.39, 0.29) is 0 Å². The first-order valence-electron chi connectivity index (χ1n) is 5.45. The number of aryl methyl sites for hydroxylation is 1. The Hall–Kier alpha value is -1.84. The van der Waals surface area contributed by atoms with Gasteiger partial charge >= 0.3 is 6.09 Å². The Bertz CT molecular complexity index is 420. The number of nitrogens with one attached hydrogen (secondary N) is 1. The van der Waals surface area contributed by atoms with Crippen molar-refractivity contribution in [3.05, 3.63) is 35.4 Å². The molecule has 0 unspecified atom stereocenters. The normalized spacial score (nSPS) is 11.5. The van der Waals surface area contributed by atoms with Gasteiger partial charge in [0.15, 0.2) is 0 Å². The van der Waals surface area contributed by atoms with Crippen LogP contribution in [-0.2, 0) is 4.74 Å². The lowest BCUT2D eigenvalue weighted by atomic mass is 10.2. The third-order valence-corrected chi connectivity index (χ3v) is 1.81. The highest BCUT2D eigenvalue weighted by atomic mass is 16.6. The molecule has 92 valence electrons. The molecule has 0 aliphatic rings. The van der Waals surface area contributed by atoms with Gasteiger partial charge in [0, 0.05) is 0 Å². The Morgan fingerprint density at radius 2 is 2.12 bits per heavy atom. The first-order valence-corrected chi connectivity index (χ1v) is 5.45. The van der Waals surface area contributed by atoms with Gasteiger partial charge in [0.1, 0.15) is 5.60 Å². The van der Waals surface area contributed by atoms with Crippen LogP contribution >= 0.6 is 0 Å². The minimum Gasteiger partial charge on any atom is -0.443 e. The van der Waals surface area contributed by atoms with Gasteiger partial charge in [-0.1, -0.05) is 29.8 Å². The Labute approximate surface area is 102 Å². The van der Waals surface area contributed by atoms with Gasteiger partial charge in [0.05, 0.1) is 6.21 Å². The van der Waals surface area contributed by atoms with Gasteiger partial charge in [0.25, 0.3) is 0 Å². The lowest BCUT2D eigenvalue weighted by Gasteiger charge is -2.18. The Morgan fingerprint density at radius 1 is 1.41 bits per heavy atom. The van der Waals surface area contributed by atoms with Gasteiger partial charge in [0.2, 0.25) is 0 Å². The highest BCUT2D eigenvalue weighted by molar-refractivity contribution is 5.81. The van der Waals surface area contributed by atoms with Crippen LogP contribution in [0.3, 0.4) is 0 Å². The summed E-state index contributed by atoms with van der Waals surface area (Å²) in [5.41, 5.74) is 3.88. The molecule has 0 radical (unpaired) electrons. The van der Waals surface area contributed by atoms with Crippen LogP contribution in [-0.4, -0.2) is 17.9 Å². The van der Waals surface area contributed by atoms with Crippen molar-refractivity contribution in [1.82, 2.24) is 5.43 Å². The topological polar surface area (TPSA) is 50.7 Å². The maximum absolute atomic E-state index is 11.3. The van der Waals surface area contributed by atoms with E-state index in [0.717, 1.165) is 11.1 Å². The molecule has 1 aromatic carbocycles. The molecule has 0 aliphatic heterocycles. The lowest BCUT2D eigenvalue weighted by Crippen LogP contribution is -2.29. The van der Waals surface area contributed by atoms with E-state index in [4.69, 9.17) is 4.74 Å². The molecule has 0 saturated heterocycles. The molecule has 0 aromatic heterocycles. The van der Waals surface area contributed by atoms with Crippen molar-refractivity contribution in [3.63, 3.8) is 0 Å². The summed E-state index contributed by atoms with van der Waals surface area (Å²) < 4.78 is 5.04. The van der Waals surface area contributed by atoms with Gasteiger partial charge in [-0.25, -0.2) is 10.2 Å². The Kier molecular flexibility index (Phi) is 4.26. The number of nitrogens with zero attached hydrogens (tertiary/aromatic N) is 1. The van der Waals surface area contributed by atoms with Gasteiger partial charge in [-0.3, -0.25) is 0 Å². The molecule has 1 rings (SSSR count). The Morgan fingerprint density at radius 3 is 2.71 bits per heavy atom. The summed E-state index contributed by atoms with van der Waals surface area (Å²) in [6, 6.07) is 7.82. The van der Waals surface area contributed by atoms with Gasteiger partial charge in [-0.15, -0.1) is 0 Å². The highest BCUT2D eigenvalue weighted by Crippen LogP contribution is 2.06. The summed E-state index contributed by atoms with van der Waals surface area (Å²) in [5, 5.41) is 3.82. The van der Waals surface area contributed by atoms with E-state index < -0.39 is 11.7 Å². The van der Waals surface area contributed by atoms with E-state index >= 15 is 0 Å². The third-order valence-electron chi connectivity index (χ3n) is 1.81. The summed E-state index contributed by atoms with van der Waals surface area (Å²) >= 11 is 0. The molecule has 0 saturated carbocycles. The summed E-state index contributed by atoms with van der Waals surface area (Å²) in [7, 11) is 0. The molecule has 0 bridgehead atoms. The van der Waals surface area contributed by atoms with E-state index in [1.165, 1.54) is 0 Å². The summed E-state index contributed by atoms with van der Waals surface area (Å²) in [6.45, 7) is 7.41. The molecule has 1 amide bonds. The van der Waals surface area contributed by atoms with Crippen molar-refractivity contribution >= 4 is 12.3 Å².